The van der Waals surface area contributed by atoms with E-state index in [-0.39, 0.29) is 29.6 Å². The quantitative estimate of drug-likeness (QED) is 0.335. The summed E-state index contributed by atoms with van der Waals surface area (Å²) < 4.78 is 48.6. The van der Waals surface area contributed by atoms with Crippen LogP contribution in [-0.4, -0.2) is 45.4 Å². The summed E-state index contributed by atoms with van der Waals surface area (Å²) in [5, 5.41) is 14.2. The van der Waals surface area contributed by atoms with Crippen LogP contribution in [0.25, 0.3) is 33.7 Å². The lowest BCUT2D eigenvalue weighted by molar-refractivity contribution is -0.274. The minimum absolute atomic E-state index is 0.0271. The molecule has 1 atom stereocenters. The van der Waals surface area contributed by atoms with Gasteiger partial charge in [0.05, 0.1) is 12.8 Å². The summed E-state index contributed by atoms with van der Waals surface area (Å²) in [5.74, 6) is -1.02. The molecular formula is C26H20F3N5O4. The predicted octanol–water partition coefficient (Wildman–Crippen LogP) is 5.65. The van der Waals surface area contributed by atoms with E-state index in [1.54, 1.807) is 29.3 Å². The van der Waals surface area contributed by atoms with Gasteiger partial charge in [-0.2, -0.15) is 4.98 Å². The molecule has 0 saturated carbocycles. The third-order valence-corrected chi connectivity index (χ3v) is 6.60. The second kappa shape index (κ2) is 9.05. The lowest BCUT2D eigenvalue weighted by Gasteiger charge is -2.21. The maximum Gasteiger partial charge on any atom is 0.573 e. The molecule has 9 nitrogen and oxygen atoms in total. The number of aliphatic carboxylic acids is 1. The normalized spacial score (nSPS) is 16.8. The van der Waals surface area contributed by atoms with Gasteiger partial charge >= 0.3 is 12.3 Å². The van der Waals surface area contributed by atoms with Crippen LogP contribution in [0.15, 0.2) is 58.2 Å². The van der Waals surface area contributed by atoms with E-state index in [0.29, 0.717) is 17.8 Å². The minimum atomic E-state index is -4.87. The maximum absolute atomic E-state index is 13.0. The number of aromatic amines is 1. The number of carboxylic acid groups (broad SMARTS) is 1. The number of carbonyl (C=O) groups is 1. The minimum Gasteiger partial charge on any atom is -0.481 e. The standard InChI is InChI=1S/C26H20F3N5O4/c27-26(28,29)37-18-9-16(8-17(12-18)34-7-1-6-30-13-34)25-32-24(33-38-25)15-3-5-21-20(10-15)19-4-2-14(11-22(35)36)23(19)31-21/h1,3,5-6,8-10,12-14,31H,2,4,7,11H2,(H,35,36). The van der Waals surface area contributed by atoms with E-state index in [0.717, 1.165) is 35.0 Å². The third kappa shape index (κ3) is 4.60. The highest BCUT2D eigenvalue weighted by atomic mass is 19.4. The van der Waals surface area contributed by atoms with E-state index < -0.39 is 18.1 Å². The summed E-state index contributed by atoms with van der Waals surface area (Å²) in [6, 6.07) is 9.66. The zero-order valence-corrected chi connectivity index (χ0v) is 19.7. The Morgan fingerprint density at radius 1 is 1.21 bits per heavy atom. The lowest BCUT2D eigenvalue weighted by Crippen LogP contribution is -2.23. The highest BCUT2D eigenvalue weighted by Crippen LogP contribution is 2.40. The average Bonchev–Trinajstić information content (AvgIpc) is 3.59. The fraction of sp³-hybridized carbons (Fsp3) is 0.231. The molecule has 2 aliphatic rings. The highest BCUT2D eigenvalue weighted by Gasteiger charge is 2.32. The number of fused-ring (bicyclic) bond motifs is 3. The average molecular weight is 523 g/mol. The van der Waals surface area contributed by atoms with Gasteiger partial charge in [0.1, 0.15) is 5.75 Å². The van der Waals surface area contributed by atoms with Gasteiger partial charge in [-0.15, -0.1) is 13.2 Å². The van der Waals surface area contributed by atoms with Crippen molar-refractivity contribution in [2.24, 2.45) is 4.99 Å². The summed E-state index contributed by atoms with van der Waals surface area (Å²) in [7, 11) is 0. The Balaban J connectivity index is 1.34. The van der Waals surface area contributed by atoms with Crippen LogP contribution in [0.2, 0.25) is 0 Å². The molecular weight excluding hydrogens is 503 g/mol. The number of H-pyrrole nitrogens is 1. The number of aliphatic imine (C=N–C) groups is 1. The second-order valence-electron chi connectivity index (χ2n) is 9.10. The largest absolute Gasteiger partial charge is 0.573 e. The molecule has 0 amide bonds. The van der Waals surface area contributed by atoms with E-state index in [1.165, 1.54) is 18.5 Å². The molecule has 0 bridgehead atoms. The number of anilines is 1. The summed E-state index contributed by atoms with van der Waals surface area (Å²) in [6.45, 7) is 0.418. The smallest absolute Gasteiger partial charge is 0.481 e. The molecule has 0 fully saturated rings. The number of aryl methyl sites for hydroxylation is 1. The molecule has 38 heavy (non-hydrogen) atoms. The molecule has 0 spiro atoms. The first-order valence-corrected chi connectivity index (χ1v) is 11.8. The summed E-state index contributed by atoms with van der Waals surface area (Å²) in [5.41, 5.74) is 4.23. The van der Waals surface area contributed by atoms with Gasteiger partial charge in [-0.3, -0.25) is 4.79 Å². The molecule has 1 aliphatic carbocycles. The molecule has 4 aromatic rings. The summed E-state index contributed by atoms with van der Waals surface area (Å²) in [4.78, 5) is 24.7. The predicted molar refractivity (Wildman–Crippen MR) is 132 cm³/mol. The molecule has 0 radical (unpaired) electrons. The van der Waals surface area contributed by atoms with Crippen LogP contribution in [0.4, 0.5) is 18.9 Å². The SMILES string of the molecule is O=C(O)CC1CCc2c1[nH]c1ccc(-c3noc(-c4cc(OC(F)(F)F)cc(N5C=NC=CC5)c4)n3)cc21. The highest BCUT2D eigenvalue weighted by molar-refractivity contribution is 5.89. The number of carboxylic acids is 1. The zero-order valence-electron chi connectivity index (χ0n) is 19.7. The number of halogens is 3. The molecule has 2 aromatic carbocycles. The van der Waals surface area contributed by atoms with Crippen LogP contribution >= 0.6 is 0 Å². The molecule has 2 aromatic heterocycles. The Labute approximate surface area is 213 Å². The number of ether oxygens (including phenoxy) is 1. The summed E-state index contributed by atoms with van der Waals surface area (Å²) in [6.07, 6.45) is 1.58. The van der Waals surface area contributed by atoms with Crippen LogP contribution in [0.5, 0.6) is 5.75 Å². The molecule has 3 heterocycles. The van der Waals surface area contributed by atoms with Crippen molar-refractivity contribution >= 4 is 28.9 Å². The molecule has 1 aliphatic heterocycles. The Bertz CT molecular complexity index is 1600. The first-order chi connectivity index (χ1) is 18.2. The van der Waals surface area contributed by atoms with Gasteiger partial charge in [0, 0.05) is 58.1 Å². The summed E-state index contributed by atoms with van der Waals surface area (Å²) >= 11 is 0. The monoisotopic (exact) mass is 523 g/mol. The lowest BCUT2D eigenvalue weighted by atomic mass is 10.0. The van der Waals surface area contributed by atoms with Crippen LogP contribution in [-0.2, 0) is 11.2 Å². The van der Waals surface area contributed by atoms with Crippen molar-refractivity contribution in [2.45, 2.75) is 31.5 Å². The number of nitrogens with zero attached hydrogens (tertiary/aromatic N) is 4. The number of aromatic nitrogens is 3. The van der Waals surface area contributed by atoms with Crippen molar-refractivity contribution < 1.29 is 32.3 Å². The van der Waals surface area contributed by atoms with Crippen molar-refractivity contribution in [3.05, 3.63) is 59.9 Å². The van der Waals surface area contributed by atoms with Crippen LogP contribution in [0.1, 0.15) is 30.0 Å². The van der Waals surface area contributed by atoms with Crippen molar-refractivity contribution in [1.82, 2.24) is 15.1 Å². The number of nitrogens with one attached hydrogen (secondary N) is 1. The van der Waals surface area contributed by atoms with E-state index in [1.807, 2.05) is 12.1 Å². The first kappa shape index (κ1) is 23.8. The van der Waals surface area contributed by atoms with Gasteiger partial charge in [-0.05, 0) is 54.8 Å². The van der Waals surface area contributed by atoms with Gasteiger partial charge in [-0.25, -0.2) is 4.99 Å². The van der Waals surface area contributed by atoms with Gasteiger partial charge in [0.15, 0.2) is 0 Å². The van der Waals surface area contributed by atoms with Crippen LogP contribution < -0.4 is 9.64 Å². The van der Waals surface area contributed by atoms with E-state index in [2.05, 4.69) is 24.9 Å². The first-order valence-electron chi connectivity index (χ1n) is 11.8. The number of hydrogen-bond acceptors (Lipinski definition) is 7. The van der Waals surface area contributed by atoms with Gasteiger partial charge in [0.25, 0.3) is 5.89 Å². The van der Waals surface area contributed by atoms with Gasteiger partial charge < -0.3 is 24.3 Å². The van der Waals surface area contributed by atoms with Crippen LogP contribution in [0.3, 0.4) is 0 Å². The molecule has 194 valence electrons. The Morgan fingerprint density at radius 3 is 2.84 bits per heavy atom. The number of hydrogen-bond donors (Lipinski definition) is 2. The van der Waals surface area contributed by atoms with Crippen molar-refractivity contribution in [1.29, 1.82) is 0 Å². The molecule has 12 heteroatoms. The topological polar surface area (TPSA) is 117 Å². The van der Waals surface area contributed by atoms with E-state index in [9.17, 15) is 23.1 Å². The van der Waals surface area contributed by atoms with Gasteiger partial charge in [0.2, 0.25) is 5.82 Å². The molecule has 2 N–H and O–H groups in total. The molecule has 0 saturated heterocycles. The van der Waals surface area contributed by atoms with Crippen molar-refractivity contribution in [3.63, 3.8) is 0 Å². The third-order valence-electron chi connectivity index (χ3n) is 6.60. The van der Waals surface area contributed by atoms with Crippen molar-refractivity contribution in [3.8, 4) is 28.6 Å². The number of rotatable bonds is 6. The fourth-order valence-electron chi connectivity index (χ4n) is 4.99. The molecule has 1 unspecified atom stereocenters. The maximum atomic E-state index is 13.0. The Kier molecular flexibility index (Phi) is 5.66. The second-order valence-corrected chi connectivity index (χ2v) is 9.10. The molecule has 6 rings (SSSR count). The number of benzene rings is 2. The van der Waals surface area contributed by atoms with Crippen LogP contribution in [0, 0.1) is 0 Å². The Morgan fingerprint density at radius 2 is 2.08 bits per heavy atom. The Hall–Kier alpha value is -4.61. The van der Waals surface area contributed by atoms with Crippen molar-refractivity contribution in [2.75, 3.05) is 11.4 Å². The van der Waals surface area contributed by atoms with Gasteiger partial charge in [-0.1, -0.05) is 5.16 Å². The van der Waals surface area contributed by atoms with E-state index in [4.69, 9.17) is 4.52 Å². The number of alkyl halides is 3. The fourth-order valence-corrected chi connectivity index (χ4v) is 4.99. The zero-order chi connectivity index (χ0) is 26.4. The van der Waals surface area contributed by atoms with E-state index >= 15 is 0 Å².